The van der Waals surface area contributed by atoms with Crippen LogP contribution in [0.5, 0.6) is 0 Å². The summed E-state index contributed by atoms with van der Waals surface area (Å²) in [5.41, 5.74) is 1.67. The quantitative estimate of drug-likeness (QED) is 0.345. The fourth-order valence-corrected chi connectivity index (χ4v) is 1.84. The van der Waals surface area contributed by atoms with Crippen molar-refractivity contribution in [2.45, 2.75) is 19.3 Å². The van der Waals surface area contributed by atoms with Crippen molar-refractivity contribution in [3.05, 3.63) is 33.5 Å². The highest BCUT2D eigenvalue weighted by atomic mass is 127. The van der Waals surface area contributed by atoms with Crippen LogP contribution in [0.15, 0.2) is 23.4 Å². The Hall–Kier alpha value is -0.390. The molecule has 0 N–H and O–H groups in total. The number of allylic oxidation sites excluding steroid dienone is 4. The Balaban J connectivity index is 2.60. The number of hydrogen-bond donors (Lipinski definition) is 0. The number of rotatable bonds is 3. The van der Waals surface area contributed by atoms with Crippen LogP contribution >= 0.6 is 22.6 Å². The molecule has 0 aliphatic heterocycles. The molecule has 12 heavy (non-hydrogen) atoms. The van der Waals surface area contributed by atoms with Crippen molar-refractivity contribution < 1.29 is 4.92 Å². The number of alkyl halides is 1. The monoisotopic (exact) mass is 279 g/mol. The van der Waals surface area contributed by atoms with Gasteiger partial charge < -0.3 is 0 Å². The predicted octanol–water partition coefficient (Wildman–Crippen LogP) is 2.69. The summed E-state index contributed by atoms with van der Waals surface area (Å²) in [6.45, 7) is 0. The van der Waals surface area contributed by atoms with Crippen LogP contribution in [0, 0.1) is 10.1 Å². The van der Waals surface area contributed by atoms with Gasteiger partial charge in [-0.05, 0) is 12.8 Å². The molecule has 0 aromatic heterocycles. The number of nitro groups is 1. The Kier molecular flexibility index (Phi) is 3.71. The molecule has 3 nitrogen and oxygen atoms in total. The molecule has 0 aromatic rings. The van der Waals surface area contributed by atoms with E-state index in [2.05, 4.69) is 22.6 Å². The second kappa shape index (κ2) is 4.59. The molecule has 0 saturated heterocycles. The van der Waals surface area contributed by atoms with E-state index in [9.17, 15) is 10.1 Å². The van der Waals surface area contributed by atoms with Crippen LogP contribution in [-0.4, -0.2) is 9.35 Å². The van der Waals surface area contributed by atoms with Gasteiger partial charge in [-0.25, -0.2) is 0 Å². The summed E-state index contributed by atoms with van der Waals surface area (Å²) in [7, 11) is 0. The first-order valence-corrected chi connectivity index (χ1v) is 5.35. The third kappa shape index (κ3) is 2.58. The Labute approximate surface area is 84.8 Å². The molecule has 1 rings (SSSR count). The molecule has 4 heteroatoms. The maximum Gasteiger partial charge on any atom is 0.246 e. The molecule has 0 aromatic carbocycles. The van der Waals surface area contributed by atoms with Crippen LogP contribution in [0.3, 0.4) is 0 Å². The van der Waals surface area contributed by atoms with Crippen LogP contribution in [0.25, 0.3) is 0 Å². The van der Waals surface area contributed by atoms with Gasteiger partial charge in [-0.15, -0.1) is 0 Å². The van der Waals surface area contributed by atoms with Gasteiger partial charge in [-0.2, -0.15) is 0 Å². The number of nitrogens with zero attached hydrogens (tertiary/aromatic N) is 1. The standard InChI is InChI=1S/C8H10INO2/c9-6-5-7-1-3-8(4-2-7)10(11)12/h1,3H,2,4-6H2. The van der Waals surface area contributed by atoms with E-state index in [0.717, 1.165) is 17.3 Å². The third-order valence-electron chi connectivity index (χ3n) is 1.86. The van der Waals surface area contributed by atoms with E-state index in [4.69, 9.17) is 0 Å². The van der Waals surface area contributed by atoms with Crippen LogP contribution in [0.2, 0.25) is 0 Å². The van der Waals surface area contributed by atoms with Crippen LogP contribution in [0.1, 0.15) is 19.3 Å². The van der Waals surface area contributed by atoms with Crippen molar-refractivity contribution in [1.82, 2.24) is 0 Å². The molecule has 0 spiro atoms. The summed E-state index contributed by atoms with van der Waals surface area (Å²) in [5, 5.41) is 10.3. The van der Waals surface area contributed by atoms with Crippen molar-refractivity contribution in [3.63, 3.8) is 0 Å². The van der Waals surface area contributed by atoms with Gasteiger partial charge in [-0.1, -0.05) is 34.2 Å². The number of hydrogen-bond acceptors (Lipinski definition) is 2. The highest BCUT2D eigenvalue weighted by Gasteiger charge is 2.14. The summed E-state index contributed by atoms with van der Waals surface area (Å²) in [6, 6.07) is 0. The van der Waals surface area contributed by atoms with E-state index >= 15 is 0 Å². The fourth-order valence-electron chi connectivity index (χ4n) is 1.15. The van der Waals surface area contributed by atoms with Crippen molar-refractivity contribution in [3.8, 4) is 0 Å². The van der Waals surface area contributed by atoms with Gasteiger partial charge in [0, 0.05) is 16.9 Å². The highest BCUT2D eigenvalue weighted by molar-refractivity contribution is 14.1. The Morgan fingerprint density at radius 1 is 1.50 bits per heavy atom. The highest BCUT2D eigenvalue weighted by Crippen LogP contribution is 2.21. The molecule has 1 aliphatic carbocycles. The van der Waals surface area contributed by atoms with E-state index < -0.39 is 0 Å². The second-order valence-corrected chi connectivity index (χ2v) is 3.76. The normalized spacial score (nSPS) is 16.8. The van der Waals surface area contributed by atoms with Gasteiger partial charge in [0.1, 0.15) is 0 Å². The molecule has 0 saturated carbocycles. The molecule has 66 valence electrons. The van der Waals surface area contributed by atoms with Crippen LogP contribution in [0.4, 0.5) is 0 Å². The van der Waals surface area contributed by atoms with Crippen LogP contribution in [-0.2, 0) is 0 Å². The third-order valence-corrected chi connectivity index (χ3v) is 2.40. The average molecular weight is 279 g/mol. The first-order valence-electron chi connectivity index (χ1n) is 3.83. The minimum absolute atomic E-state index is 0.294. The predicted molar refractivity (Wildman–Crippen MR) is 55.9 cm³/mol. The van der Waals surface area contributed by atoms with E-state index in [0.29, 0.717) is 12.1 Å². The van der Waals surface area contributed by atoms with Crippen molar-refractivity contribution in [2.75, 3.05) is 4.43 Å². The SMILES string of the molecule is O=[N+]([O-])C1=CC=C(CCI)CC1. The zero-order valence-electron chi connectivity index (χ0n) is 6.62. The van der Waals surface area contributed by atoms with Gasteiger partial charge in [0.2, 0.25) is 5.70 Å². The summed E-state index contributed by atoms with van der Waals surface area (Å²) >= 11 is 2.31. The lowest BCUT2D eigenvalue weighted by Crippen LogP contribution is -2.02. The molecule has 0 fully saturated rings. The van der Waals surface area contributed by atoms with Crippen molar-refractivity contribution in [1.29, 1.82) is 0 Å². The lowest BCUT2D eigenvalue weighted by atomic mass is 10.0. The van der Waals surface area contributed by atoms with E-state index in [1.165, 1.54) is 5.57 Å². The van der Waals surface area contributed by atoms with Crippen LogP contribution < -0.4 is 0 Å². The molecular weight excluding hydrogens is 269 g/mol. The molecule has 0 unspecified atom stereocenters. The zero-order valence-corrected chi connectivity index (χ0v) is 8.78. The summed E-state index contributed by atoms with van der Waals surface area (Å²) in [4.78, 5) is 10.0. The molecule has 0 atom stereocenters. The topological polar surface area (TPSA) is 43.1 Å². The maximum atomic E-state index is 10.3. The summed E-state index contributed by atoms with van der Waals surface area (Å²) in [6.07, 6.45) is 6.03. The maximum absolute atomic E-state index is 10.3. The Morgan fingerprint density at radius 3 is 2.67 bits per heavy atom. The average Bonchev–Trinajstić information content (AvgIpc) is 2.06. The molecule has 0 radical (unpaired) electrons. The van der Waals surface area contributed by atoms with Gasteiger partial charge in [0.05, 0.1) is 4.92 Å². The minimum Gasteiger partial charge on any atom is -0.259 e. The summed E-state index contributed by atoms with van der Waals surface area (Å²) < 4.78 is 1.09. The van der Waals surface area contributed by atoms with E-state index in [-0.39, 0.29) is 4.92 Å². The fraction of sp³-hybridized carbons (Fsp3) is 0.500. The molecular formula is C8H10INO2. The van der Waals surface area contributed by atoms with E-state index in [1.807, 2.05) is 6.08 Å². The number of halogens is 1. The van der Waals surface area contributed by atoms with Gasteiger partial charge in [0.15, 0.2) is 0 Å². The first-order chi connectivity index (χ1) is 5.74. The first kappa shape index (κ1) is 9.70. The molecule has 0 amide bonds. The van der Waals surface area contributed by atoms with Crippen molar-refractivity contribution in [2.24, 2.45) is 0 Å². The van der Waals surface area contributed by atoms with Gasteiger partial charge in [-0.3, -0.25) is 10.1 Å². The Morgan fingerprint density at radius 2 is 2.25 bits per heavy atom. The largest absolute Gasteiger partial charge is 0.259 e. The molecule has 1 aliphatic rings. The lowest BCUT2D eigenvalue weighted by Gasteiger charge is -2.07. The molecule has 0 bridgehead atoms. The second-order valence-electron chi connectivity index (χ2n) is 2.68. The Bertz CT molecular complexity index is 245. The van der Waals surface area contributed by atoms with E-state index in [1.54, 1.807) is 6.08 Å². The molecule has 0 heterocycles. The summed E-state index contributed by atoms with van der Waals surface area (Å²) in [5.74, 6) is 0. The smallest absolute Gasteiger partial charge is 0.246 e. The van der Waals surface area contributed by atoms with Gasteiger partial charge in [0.25, 0.3) is 0 Å². The van der Waals surface area contributed by atoms with Crippen molar-refractivity contribution >= 4 is 22.6 Å². The minimum atomic E-state index is -0.294. The lowest BCUT2D eigenvalue weighted by molar-refractivity contribution is -0.428. The van der Waals surface area contributed by atoms with Gasteiger partial charge >= 0.3 is 0 Å². The zero-order chi connectivity index (χ0) is 8.97.